The topological polar surface area (TPSA) is 54.6 Å². The molecule has 100 valence electrons. The lowest BCUT2D eigenvalue weighted by molar-refractivity contribution is 0.0953. The van der Waals surface area contributed by atoms with Gasteiger partial charge in [0.25, 0.3) is 5.91 Å². The lowest BCUT2D eigenvalue weighted by Crippen LogP contribution is -2.19. The van der Waals surface area contributed by atoms with Crippen LogP contribution in [-0.4, -0.2) is 11.6 Å². The first-order chi connectivity index (χ1) is 9.11. The molecule has 2 aromatic heterocycles. The van der Waals surface area contributed by atoms with Gasteiger partial charge in [-0.3, -0.25) is 4.79 Å². The molecule has 0 unspecified atom stereocenters. The molecular formula is C14H16N2O2S. The zero-order chi connectivity index (χ0) is 13.8. The van der Waals surface area contributed by atoms with Crippen LogP contribution < -0.4 is 5.43 Å². The van der Waals surface area contributed by atoms with Crippen molar-refractivity contribution in [3.63, 3.8) is 0 Å². The summed E-state index contributed by atoms with van der Waals surface area (Å²) in [6.07, 6.45) is 2.51. The second-order valence-electron chi connectivity index (χ2n) is 4.15. The molecule has 1 N–H and O–H groups in total. The molecule has 2 aromatic rings. The van der Waals surface area contributed by atoms with Crippen LogP contribution in [0.2, 0.25) is 0 Å². The van der Waals surface area contributed by atoms with Gasteiger partial charge in [0.15, 0.2) is 0 Å². The molecule has 0 aliphatic carbocycles. The van der Waals surface area contributed by atoms with Crippen molar-refractivity contribution in [1.82, 2.24) is 5.43 Å². The average molecular weight is 276 g/mol. The van der Waals surface area contributed by atoms with Crippen LogP contribution in [0.25, 0.3) is 0 Å². The van der Waals surface area contributed by atoms with Gasteiger partial charge in [-0.2, -0.15) is 5.10 Å². The molecule has 0 bridgehead atoms. The van der Waals surface area contributed by atoms with Crippen molar-refractivity contribution >= 4 is 23.0 Å². The van der Waals surface area contributed by atoms with Crippen LogP contribution >= 0.6 is 11.3 Å². The molecule has 4 nitrogen and oxygen atoms in total. The molecule has 0 aliphatic rings. The van der Waals surface area contributed by atoms with Crippen LogP contribution in [0.3, 0.4) is 0 Å². The first-order valence-electron chi connectivity index (χ1n) is 6.09. The van der Waals surface area contributed by atoms with E-state index in [1.807, 2.05) is 13.0 Å². The summed E-state index contributed by atoms with van der Waals surface area (Å²) >= 11 is 1.69. The highest BCUT2D eigenvalue weighted by Gasteiger charge is 2.10. The molecule has 5 heteroatoms. The second kappa shape index (κ2) is 5.84. The van der Waals surface area contributed by atoms with Crippen molar-refractivity contribution in [2.24, 2.45) is 5.10 Å². The number of carbonyl (C=O) groups is 1. The van der Waals surface area contributed by atoms with Gasteiger partial charge in [-0.15, -0.1) is 11.3 Å². The van der Waals surface area contributed by atoms with Crippen molar-refractivity contribution in [3.8, 4) is 0 Å². The maximum absolute atomic E-state index is 11.8. The van der Waals surface area contributed by atoms with Crippen LogP contribution in [0, 0.1) is 6.92 Å². The molecular weight excluding hydrogens is 260 g/mol. The maximum atomic E-state index is 11.8. The Labute approximate surface area is 116 Å². The Morgan fingerprint density at radius 1 is 1.42 bits per heavy atom. The van der Waals surface area contributed by atoms with Gasteiger partial charge in [0, 0.05) is 4.88 Å². The number of carbonyl (C=O) groups excluding carboxylic acids is 1. The van der Waals surface area contributed by atoms with Gasteiger partial charge in [-0.25, -0.2) is 5.43 Å². The zero-order valence-corrected chi connectivity index (χ0v) is 12.0. The highest BCUT2D eigenvalue weighted by atomic mass is 32.1. The fourth-order valence-electron chi connectivity index (χ4n) is 1.63. The SMILES string of the molecule is CCc1ccc(C(C)=NNC(=O)c2ccoc2C)s1. The van der Waals surface area contributed by atoms with Gasteiger partial charge >= 0.3 is 0 Å². The molecule has 19 heavy (non-hydrogen) atoms. The van der Waals surface area contributed by atoms with Gasteiger partial charge < -0.3 is 4.42 Å². The van der Waals surface area contributed by atoms with Gasteiger partial charge in [0.05, 0.1) is 22.4 Å². The Morgan fingerprint density at radius 3 is 2.79 bits per heavy atom. The van der Waals surface area contributed by atoms with Crippen molar-refractivity contribution in [3.05, 3.63) is 45.5 Å². The molecule has 2 heterocycles. The monoisotopic (exact) mass is 276 g/mol. The Hall–Kier alpha value is -1.88. The molecule has 0 fully saturated rings. The smallest absolute Gasteiger partial charge is 0.274 e. The van der Waals surface area contributed by atoms with E-state index in [4.69, 9.17) is 4.42 Å². The summed E-state index contributed by atoms with van der Waals surface area (Å²) in [5.41, 5.74) is 3.86. The van der Waals surface area contributed by atoms with Crippen LogP contribution in [0.4, 0.5) is 0 Å². The van der Waals surface area contributed by atoms with Crippen molar-refractivity contribution in [1.29, 1.82) is 0 Å². The normalized spacial score (nSPS) is 11.6. The van der Waals surface area contributed by atoms with E-state index in [2.05, 4.69) is 23.5 Å². The van der Waals surface area contributed by atoms with E-state index in [0.29, 0.717) is 11.3 Å². The van der Waals surface area contributed by atoms with E-state index in [0.717, 1.165) is 17.0 Å². The van der Waals surface area contributed by atoms with Gasteiger partial charge in [-0.1, -0.05) is 6.92 Å². The summed E-state index contributed by atoms with van der Waals surface area (Å²) < 4.78 is 5.09. The number of furan rings is 1. The Bertz CT molecular complexity index is 610. The fraction of sp³-hybridized carbons (Fsp3) is 0.286. The molecule has 2 rings (SSSR count). The van der Waals surface area contributed by atoms with Crippen LogP contribution in [-0.2, 0) is 6.42 Å². The molecule has 0 aromatic carbocycles. The minimum absolute atomic E-state index is 0.252. The zero-order valence-electron chi connectivity index (χ0n) is 11.2. The average Bonchev–Trinajstić information content (AvgIpc) is 3.03. The summed E-state index contributed by atoms with van der Waals surface area (Å²) in [6.45, 7) is 5.75. The Balaban J connectivity index is 2.06. The van der Waals surface area contributed by atoms with Gasteiger partial charge in [-0.05, 0) is 38.5 Å². The Morgan fingerprint density at radius 2 is 2.21 bits per heavy atom. The number of hydrazone groups is 1. The van der Waals surface area contributed by atoms with E-state index in [-0.39, 0.29) is 5.91 Å². The molecule has 0 radical (unpaired) electrons. The third-order valence-corrected chi connectivity index (χ3v) is 4.13. The molecule has 1 amide bonds. The van der Waals surface area contributed by atoms with Crippen molar-refractivity contribution in [2.75, 3.05) is 0 Å². The second-order valence-corrected chi connectivity index (χ2v) is 5.32. The highest BCUT2D eigenvalue weighted by Crippen LogP contribution is 2.17. The van der Waals surface area contributed by atoms with Crippen LogP contribution in [0.1, 0.15) is 39.7 Å². The lowest BCUT2D eigenvalue weighted by atomic mass is 10.2. The van der Waals surface area contributed by atoms with E-state index >= 15 is 0 Å². The lowest BCUT2D eigenvalue weighted by Gasteiger charge is -2.00. The predicted octanol–water partition coefficient (Wildman–Crippen LogP) is 3.37. The number of rotatable bonds is 4. The van der Waals surface area contributed by atoms with Gasteiger partial charge in [0.2, 0.25) is 0 Å². The fourth-order valence-corrected chi connectivity index (χ4v) is 2.53. The largest absolute Gasteiger partial charge is 0.469 e. The number of thiophene rings is 1. The van der Waals surface area contributed by atoms with Crippen molar-refractivity contribution in [2.45, 2.75) is 27.2 Å². The van der Waals surface area contributed by atoms with Gasteiger partial charge in [0.1, 0.15) is 5.76 Å². The first-order valence-corrected chi connectivity index (χ1v) is 6.91. The first kappa shape index (κ1) is 13.5. The minimum atomic E-state index is -0.252. The summed E-state index contributed by atoms with van der Waals surface area (Å²) in [5, 5.41) is 4.12. The van der Waals surface area contributed by atoms with Crippen LogP contribution in [0.15, 0.2) is 34.0 Å². The highest BCUT2D eigenvalue weighted by molar-refractivity contribution is 7.14. The molecule has 0 saturated heterocycles. The summed E-state index contributed by atoms with van der Waals surface area (Å²) in [4.78, 5) is 14.2. The third kappa shape index (κ3) is 3.12. The van der Waals surface area contributed by atoms with E-state index < -0.39 is 0 Å². The number of nitrogens with one attached hydrogen (secondary N) is 1. The Kier molecular flexibility index (Phi) is 4.16. The van der Waals surface area contributed by atoms with E-state index in [9.17, 15) is 4.79 Å². The van der Waals surface area contributed by atoms with E-state index in [1.54, 1.807) is 24.3 Å². The minimum Gasteiger partial charge on any atom is -0.469 e. The number of aryl methyl sites for hydroxylation is 2. The number of nitrogens with zero attached hydrogens (tertiary/aromatic N) is 1. The summed E-state index contributed by atoms with van der Waals surface area (Å²) in [5.74, 6) is 0.340. The molecule has 0 aliphatic heterocycles. The number of hydrogen-bond donors (Lipinski definition) is 1. The summed E-state index contributed by atoms with van der Waals surface area (Å²) in [6, 6.07) is 5.74. The molecule has 0 saturated carbocycles. The number of amides is 1. The molecule has 0 atom stereocenters. The number of hydrogen-bond acceptors (Lipinski definition) is 4. The summed E-state index contributed by atoms with van der Waals surface area (Å²) in [7, 11) is 0. The third-order valence-electron chi connectivity index (χ3n) is 2.80. The van der Waals surface area contributed by atoms with Crippen LogP contribution in [0.5, 0.6) is 0 Å². The standard InChI is InChI=1S/C14H16N2O2S/c1-4-11-5-6-13(19-11)9(2)15-16-14(17)12-7-8-18-10(12)3/h5-8H,4H2,1-3H3,(H,16,17). The van der Waals surface area contributed by atoms with Crippen molar-refractivity contribution < 1.29 is 9.21 Å². The predicted molar refractivity (Wildman–Crippen MR) is 76.8 cm³/mol. The van der Waals surface area contributed by atoms with E-state index in [1.165, 1.54) is 11.1 Å². The maximum Gasteiger partial charge on any atom is 0.274 e. The molecule has 0 spiro atoms. The quantitative estimate of drug-likeness (QED) is 0.687.